The first-order valence-electron chi connectivity index (χ1n) is 8.57. The molecule has 0 aliphatic carbocycles. The molecule has 2 rings (SSSR count). The number of carbonyl (C=O) groups excluding carboxylic acids is 1. The number of anilines is 1. The third-order valence-electron chi connectivity index (χ3n) is 3.46. The average molecular weight is 345 g/mol. The molecule has 0 aromatic heterocycles. The van der Waals surface area contributed by atoms with E-state index in [1.165, 1.54) is 6.07 Å². The number of hydrogen-bond acceptors (Lipinski definition) is 3. The van der Waals surface area contributed by atoms with Crippen LogP contribution >= 0.6 is 0 Å². The van der Waals surface area contributed by atoms with E-state index in [9.17, 15) is 9.18 Å². The summed E-state index contributed by atoms with van der Waals surface area (Å²) in [6.45, 7) is 5.22. The minimum atomic E-state index is -0.382. The van der Waals surface area contributed by atoms with Crippen LogP contribution in [0.3, 0.4) is 0 Å². The van der Waals surface area contributed by atoms with E-state index in [2.05, 4.69) is 5.32 Å². The molecule has 0 aliphatic rings. The van der Waals surface area contributed by atoms with Crippen LogP contribution in [0.5, 0.6) is 11.5 Å². The summed E-state index contributed by atoms with van der Waals surface area (Å²) in [5.41, 5.74) is 0.960. The van der Waals surface area contributed by atoms with Gasteiger partial charge in [0.2, 0.25) is 5.91 Å². The van der Waals surface area contributed by atoms with Gasteiger partial charge in [-0.05, 0) is 36.6 Å². The van der Waals surface area contributed by atoms with Crippen LogP contribution in [0.15, 0.2) is 42.5 Å². The van der Waals surface area contributed by atoms with E-state index >= 15 is 0 Å². The highest BCUT2D eigenvalue weighted by molar-refractivity contribution is 5.92. The first kappa shape index (κ1) is 18.8. The number of benzene rings is 2. The van der Waals surface area contributed by atoms with Crippen molar-refractivity contribution in [3.63, 3.8) is 0 Å². The predicted octanol–water partition coefficient (Wildman–Crippen LogP) is 4.58. The fourth-order valence-corrected chi connectivity index (χ4v) is 2.26. The van der Waals surface area contributed by atoms with Crippen LogP contribution < -0.4 is 14.8 Å². The molecule has 0 fully saturated rings. The molecule has 1 amide bonds. The molecule has 0 atom stereocenters. The third kappa shape index (κ3) is 5.78. The van der Waals surface area contributed by atoms with E-state index < -0.39 is 0 Å². The van der Waals surface area contributed by atoms with Crippen LogP contribution in [0.1, 0.15) is 32.3 Å². The molecule has 1 N–H and O–H groups in total. The van der Waals surface area contributed by atoms with Crippen molar-refractivity contribution in [3.8, 4) is 11.5 Å². The van der Waals surface area contributed by atoms with Crippen molar-refractivity contribution in [1.29, 1.82) is 0 Å². The predicted molar refractivity (Wildman–Crippen MR) is 96.7 cm³/mol. The maximum absolute atomic E-state index is 13.6. The number of halogens is 1. The molecule has 0 spiro atoms. The van der Waals surface area contributed by atoms with Crippen LogP contribution in [0.25, 0.3) is 0 Å². The van der Waals surface area contributed by atoms with Crippen molar-refractivity contribution >= 4 is 11.6 Å². The first-order valence-corrected chi connectivity index (χ1v) is 8.57. The Balaban J connectivity index is 2.07. The van der Waals surface area contributed by atoms with Crippen molar-refractivity contribution in [3.05, 3.63) is 53.8 Å². The Bertz CT molecular complexity index is 703. The Kier molecular flexibility index (Phi) is 7.26. The van der Waals surface area contributed by atoms with Crippen molar-refractivity contribution in [2.24, 2.45) is 0 Å². The Labute approximate surface area is 148 Å². The lowest BCUT2D eigenvalue weighted by Gasteiger charge is -2.14. The fraction of sp³-hybridized carbons (Fsp3) is 0.350. The van der Waals surface area contributed by atoms with Crippen molar-refractivity contribution in [2.45, 2.75) is 33.1 Å². The molecule has 5 heteroatoms. The first-order chi connectivity index (χ1) is 12.1. The van der Waals surface area contributed by atoms with E-state index in [0.29, 0.717) is 36.0 Å². The lowest BCUT2D eigenvalue weighted by atomic mass is 10.1. The highest BCUT2D eigenvalue weighted by atomic mass is 19.1. The molecule has 134 valence electrons. The normalized spacial score (nSPS) is 10.4. The highest BCUT2D eigenvalue weighted by Crippen LogP contribution is 2.31. The maximum atomic E-state index is 13.6. The van der Waals surface area contributed by atoms with E-state index in [1.54, 1.807) is 36.4 Å². The zero-order chi connectivity index (χ0) is 18.1. The van der Waals surface area contributed by atoms with Gasteiger partial charge in [0.15, 0.2) is 11.5 Å². The van der Waals surface area contributed by atoms with Gasteiger partial charge in [-0.25, -0.2) is 4.39 Å². The summed E-state index contributed by atoms with van der Waals surface area (Å²) in [6, 6.07) is 11.5. The summed E-state index contributed by atoms with van der Waals surface area (Å²) in [5, 5.41) is 2.78. The monoisotopic (exact) mass is 345 g/mol. The van der Waals surface area contributed by atoms with Gasteiger partial charge in [-0.3, -0.25) is 4.79 Å². The molecule has 2 aromatic carbocycles. The molecule has 0 bridgehead atoms. The molecular formula is C20H24FNO3. The number of hydrogen-bond donors (Lipinski definition) is 1. The second-order valence-corrected chi connectivity index (χ2v) is 5.67. The van der Waals surface area contributed by atoms with E-state index in [0.717, 1.165) is 12.8 Å². The van der Waals surface area contributed by atoms with Gasteiger partial charge in [-0.2, -0.15) is 0 Å². The summed E-state index contributed by atoms with van der Waals surface area (Å²) in [7, 11) is 0. The average Bonchev–Trinajstić information content (AvgIpc) is 2.61. The lowest BCUT2D eigenvalue weighted by molar-refractivity contribution is -0.115. The topological polar surface area (TPSA) is 47.6 Å². The molecule has 0 saturated carbocycles. The number of carbonyl (C=O) groups is 1. The second-order valence-electron chi connectivity index (χ2n) is 5.67. The highest BCUT2D eigenvalue weighted by Gasteiger charge is 2.11. The molecule has 0 heterocycles. The van der Waals surface area contributed by atoms with Crippen LogP contribution in [-0.4, -0.2) is 19.1 Å². The Hall–Kier alpha value is -2.56. The smallest absolute Gasteiger partial charge is 0.228 e. The molecule has 25 heavy (non-hydrogen) atoms. The van der Waals surface area contributed by atoms with E-state index in [1.807, 2.05) is 13.8 Å². The summed E-state index contributed by atoms with van der Waals surface area (Å²) >= 11 is 0. The van der Waals surface area contributed by atoms with E-state index in [4.69, 9.17) is 9.47 Å². The SMILES string of the molecule is CCCOc1ccc(NC(=O)Cc2ccccc2F)cc1OCCC. The van der Waals surface area contributed by atoms with Gasteiger partial charge in [-0.1, -0.05) is 32.0 Å². The zero-order valence-corrected chi connectivity index (χ0v) is 14.7. The second kappa shape index (κ2) is 9.67. The van der Waals surface area contributed by atoms with Crippen molar-refractivity contribution < 1.29 is 18.7 Å². The van der Waals surface area contributed by atoms with Crippen molar-refractivity contribution in [2.75, 3.05) is 18.5 Å². The molecule has 4 nitrogen and oxygen atoms in total. The fourth-order valence-electron chi connectivity index (χ4n) is 2.26. The maximum Gasteiger partial charge on any atom is 0.228 e. The number of nitrogens with one attached hydrogen (secondary N) is 1. The van der Waals surface area contributed by atoms with Gasteiger partial charge in [0, 0.05) is 11.8 Å². The van der Waals surface area contributed by atoms with Crippen LogP contribution in [0.2, 0.25) is 0 Å². The molecule has 0 aliphatic heterocycles. The molecular weight excluding hydrogens is 321 g/mol. The Morgan fingerprint density at radius 1 is 1.00 bits per heavy atom. The molecule has 2 aromatic rings. The minimum Gasteiger partial charge on any atom is -0.490 e. The number of ether oxygens (including phenoxy) is 2. The quantitative estimate of drug-likeness (QED) is 0.723. The largest absolute Gasteiger partial charge is 0.490 e. The third-order valence-corrected chi connectivity index (χ3v) is 3.46. The van der Waals surface area contributed by atoms with Gasteiger partial charge >= 0.3 is 0 Å². The Morgan fingerprint density at radius 2 is 1.68 bits per heavy atom. The van der Waals surface area contributed by atoms with Gasteiger partial charge in [0.05, 0.1) is 19.6 Å². The van der Waals surface area contributed by atoms with Gasteiger partial charge < -0.3 is 14.8 Å². The Morgan fingerprint density at radius 3 is 2.36 bits per heavy atom. The number of amides is 1. The van der Waals surface area contributed by atoms with Crippen LogP contribution in [0, 0.1) is 5.82 Å². The van der Waals surface area contributed by atoms with Gasteiger partial charge in [-0.15, -0.1) is 0 Å². The standard InChI is InChI=1S/C20H24FNO3/c1-3-11-24-18-10-9-16(14-19(18)25-12-4-2)22-20(23)13-15-7-5-6-8-17(15)21/h5-10,14H,3-4,11-13H2,1-2H3,(H,22,23). The zero-order valence-electron chi connectivity index (χ0n) is 14.7. The summed E-state index contributed by atoms with van der Waals surface area (Å²) < 4.78 is 25.0. The van der Waals surface area contributed by atoms with Gasteiger partial charge in [0.1, 0.15) is 5.82 Å². The summed E-state index contributed by atoms with van der Waals surface area (Å²) in [5.74, 6) is 0.586. The van der Waals surface area contributed by atoms with Crippen molar-refractivity contribution in [1.82, 2.24) is 0 Å². The van der Waals surface area contributed by atoms with Crippen LogP contribution in [0.4, 0.5) is 10.1 Å². The van der Waals surface area contributed by atoms with E-state index in [-0.39, 0.29) is 18.1 Å². The number of rotatable bonds is 9. The lowest BCUT2D eigenvalue weighted by Crippen LogP contribution is -2.15. The molecule has 0 unspecified atom stereocenters. The van der Waals surface area contributed by atoms with Gasteiger partial charge in [0.25, 0.3) is 0 Å². The van der Waals surface area contributed by atoms with Crippen LogP contribution in [-0.2, 0) is 11.2 Å². The minimum absolute atomic E-state index is 0.0219. The molecule has 0 radical (unpaired) electrons. The summed E-state index contributed by atoms with van der Waals surface area (Å²) in [4.78, 5) is 12.2. The molecule has 0 saturated heterocycles. The summed E-state index contributed by atoms with van der Waals surface area (Å²) in [6.07, 6.45) is 1.75.